The fourth-order valence-electron chi connectivity index (χ4n) is 13.9. The van der Waals surface area contributed by atoms with Crippen LogP contribution in [0.15, 0.2) is 48.6 Å². The molecule has 3 rings (SSSR count). The van der Waals surface area contributed by atoms with Gasteiger partial charge in [-0.1, -0.05) is 306 Å². The molecule has 0 aromatic carbocycles. The summed E-state index contributed by atoms with van der Waals surface area (Å²) in [6.45, 7) is 1.74. The van der Waals surface area contributed by atoms with Crippen molar-refractivity contribution in [2.45, 2.75) is 439 Å². The van der Waals surface area contributed by atoms with Crippen LogP contribution in [0.25, 0.3) is 0 Å². The molecule has 0 spiro atoms. The first kappa shape index (κ1) is 93.0. The van der Waals surface area contributed by atoms with Crippen LogP contribution in [0.2, 0.25) is 0 Å². The Hall–Kier alpha value is -2.25. The van der Waals surface area contributed by atoms with E-state index in [1.807, 2.05) is 6.08 Å². The van der Waals surface area contributed by atoms with Gasteiger partial charge in [0.2, 0.25) is 5.91 Å². The SMILES string of the molecule is CCCCCCCCCC/C=C\CCCCCCCCCCCCCCCCCCCCCCCCCCCC(=O)NC(COC1OC(CO)C(OC2OC(CO)C(OC3OC(CO)C(O)C(O)C3O)C(O)C2O)C(O)C1O)C(O)/C=C/CC/C=C/CC/C=C/CCCCCCCCCCC. The van der Waals surface area contributed by atoms with Crippen molar-refractivity contribution < 1.29 is 89.4 Å². The summed E-state index contributed by atoms with van der Waals surface area (Å²) in [5, 5.41) is 121. The van der Waals surface area contributed by atoms with Gasteiger partial charge < -0.3 is 89.9 Å². The van der Waals surface area contributed by atoms with E-state index in [1.165, 1.54) is 257 Å². The van der Waals surface area contributed by atoms with Crippen LogP contribution < -0.4 is 5.32 Å². The molecule has 1 amide bonds. The highest BCUT2D eigenvalue weighted by Gasteiger charge is 2.54. The highest BCUT2D eigenvalue weighted by atomic mass is 16.8. The molecule has 19 heteroatoms. The summed E-state index contributed by atoms with van der Waals surface area (Å²) in [4.78, 5) is 13.5. The second-order valence-corrected chi connectivity index (χ2v) is 29.6. The molecule has 0 bridgehead atoms. The Kier molecular flexibility index (Phi) is 57.8. The van der Waals surface area contributed by atoms with Crippen LogP contribution >= 0.6 is 0 Å². The van der Waals surface area contributed by atoms with Crippen LogP contribution in [0.1, 0.15) is 335 Å². The minimum absolute atomic E-state index is 0.235. The van der Waals surface area contributed by atoms with E-state index >= 15 is 0 Å². The second-order valence-electron chi connectivity index (χ2n) is 29.6. The molecule has 101 heavy (non-hydrogen) atoms. The Morgan fingerprint density at radius 3 is 0.990 bits per heavy atom. The largest absolute Gasteiger partial charge is 0.394 e. The molecule has 17 unspecified atom stereocenters. The van der Waals surface area contributed by atoms with E-state index in [0.717, 1.165) is 44.9 Å². The molecule has 0 aliphatic carbocycles. The smallest absolute Gasteiger partial charge is 0.220 e. The number of amides is 1. The van der Waals surface area contributed by atoms with Crippen molar-refractivity contribution in [2.24, 2.45) is 0 Å². The summed E-state index contributed by atoms with van der Waals surface area (Å²) in [6.07, 6.45) is 52.7. The third kappa shape index (κ3) is 42.8. The highest BCUT2D eigenvalue weighted by Crippen LogP contribution is 2.33. The lowest BCUT2D eigenvalue weighted by Crippen LogP contribution is -2.66. The quantitative estimate of drug-likeness (QED) is 0.0199. The molecular formula is C82H151NO18. The van der Waals surface area contributed by atoms with Crippen molar-refractivity contribution in [3.8, 4) is 0 Å². The second kappa shape index (κ2) is 62.8. The summed E-state index contributed by atoms with van der Waals surface area (Å²) >= 11 is 0. The van der Waals surface area contributed by atoms with Crippen molar-refractivity contribution in [1.29, 1.82) is 0 Å². The zero-order valence-electron chi connectivity index (χ0n) is 63.4. The maximum Gasteiger partial charge on any atom is 0.220 e. The van der Waals surface area contributed by atoms with Gasteiger partial charge in [0.05, 0.1) is 38.6 Å². The van der Waals surface area contributed by atoms with Gasteiger partial charge in [-0.25, -0.2) is 0 Å². The topological polar surface area (TPSA) is 307 Å². The van der Waals surface area contributed by atoms with Crippen molar-refractivity contribution in [2.75, 3.05) is 26.4 Å². The number of aliphatic hydroxyl groups excluding tert-OH is 11. The number of hydrogen-bond donors (Lipinski definition) is 12. The van der Waals surface area contributed by atoms with Gasteiger partial charge in [0.1, 0.15) is 73.2 Å². The van der Waals surface area contributed by atoms with Gasteiger partial charge >= 0.3 is 0 Å². The monoisotopic (exact) mass is 1440 g/mol. The Morgan fingerprint density at radius 1 is 0.347 bits per heavy atom. The van der Waals surface area contributed by atoms with Gasteiger partial charge in [0, 0.05) is 6.42 Å². The average Bonchev–Trinajstić information content (AvgIpc) is 0.789. The first-order valence-electron chi connectivity index (χ1n) is 41.4. The fraction of sp³-hybridized carbons (Fsp3) is 0.890. The number of ether oxygens (including phenoxy) is 6. The minimum Gasteiger partial charge on any atom is -0.394 e. The van der Waals surface area contributed by atoms with Crippen LogP contribution in [-0.2, 0) is 33.2 Å². The van der Waals surface area contributed by atoms with Crippen LogP contribution in [0, 0.1) is 0 Å². The Balaban J connectivity index is 1.33. The van der Waals surface area contributed by atoms with Gasteiger partial charge in [0.15, 0.2) is 18.9 Å². The summed E-state index contributed by atoms with van der Waals surface area (Å²) in [6, 6.07) is -0.997. The summed E-state index contributed by atoms with van der Waals surface area (Å²) in [7, 11) is 0. The molecule has 3 heterocycles. The third-order valence-electron chi connectivity index (χ3n) is 20.6. The predicted molar refractivity (Wildman–Crippen MR) is 402 cm³/mol. The molecule has 0 aromatic rings. The minimum atomic E-state index is -1.98. The Morgan fingerprint density at radius 2 is 0.634 bits per heavy atom. The fourth-order valence-corrected chi connectivity index (χ4v) is 13.9. The number of carbonyl (C=O) groups excluding carboxylic acids is 1. The van der Waals surface area contributed by atoms with Crippen molar-refractivity contribution >= 4 is 5.91 Å². The lowest BCUT2D eigenvalue weighted by Gasteiger charge is -2.48. The van der Waals surface area contributed by atoms with Crippen molar-refractivity contribution in [3.63, 3.8) is 0 Å². The molecule has 0 radical (unpaired) electrons. The molecule has 3 aliphatic heterocycles. The van der Waals surface area contributed by atoms with Crippen LogP contribution in [0.3, 0.4) is 0 Å². The van der Waals surface area contributed by atoms with Gasteiger partial charge in [-0.15, -0.1) is 0 Å². The number of allylic oxidation sites excluding steroid dienone is 7. The highest BCUT2D eigenvalue weighted by molar-refractivity contribution is 5.76. The van der Waals surface area contributed by atoms with E-state index in [0.29, 0.717) is 12.8 Å². The molecule has 0 saturated carbocycles. The molecule has 592 valence electrons. The lowest BCUT2D eigenvalue weighted by molar-refractivity contribution is -0.379. The number of carbonyl (C=O) groups is 1. The Bertz CT molecular complexity index is 2010. The van der Waals surface area contributed by atoms with Gasteiger partial charge in [-0.05, 0) is 70.6 Å². The maximum absolute atomic E-state index is 13.5. The molecule has 19 nitrogen and oxygen atoms in total. The molecule has 0 aromatic heterocycles. The molecule has 17 atom stereocenters. The zero-order valence-corrected chi connectivity index (χ0v) is 63.4. The number of unbranched alkanes of at least 4 members (excludes halogenated alkanes) is 44. The van der Waals surface area contributed by atoms with Crippen LogP contribution in [0.4, 0.5) is 0 Å². The van der Waals surface area contributed by atoms with Crippen molar-refractivity contribution in [1.82, 2.24) is 5.32 Å². The summed E-state index contributed by atoms with van der Waals surface area (Å²) < 4.78 is 34.4. The lowest BCUT2D eigenvalue weighted by atomic mass is 9.96. The Labute approximate surface area is 612 Å². The maximum atomic E-state index is 13.5. The van der Waals surface area contributed by atoms with Gasteiger partial charge in [0.25, 0.3) is 0 Å². The van der Waals surface area contributed by atoms with Crippen LogP contribution in [-0.4, -0.2) is 193 Å². The predicted octanol–water partition coefficient (Wildman–Crippen LogP) is 14.1. The number of aliphatic hydroxyl groups is 11. The normalized spacial score (nSPS) is 26.5. The summed E-state index contributed by atoms with van der Waals surface area (Å²) in [5.41, 5.74) is 0. The average molecular weight is 1440 g/mol. The number of nitrogens with one attached hydrogen (secondary N) is 1. The van der Waals surface area contributed by atoms with E-state index < -0.39 is 124 Å². The molecule has 12 N–H and O–H groups in total. The number of hydrogen-bond acceptors (Lipinski definition) is 18. The molecule has 3 saturated heterocycles. The zero-order chi connectivity index (χ0) is 73.2. The first-order chi connectivity index (χ1) is 49.3. The standard InChI is InChI=1S/C82H151NO18/c1-3-5-7-9-11-13-15-17-19-21-23-24-25-26-27-28-29-30-31-32-33-34-35-36-37-38-39-40-42-44-46-48-50-52-54-56-58-60-70(88)83-65(66(87)59-57-55-53-51-49-47-45-43-41-22-20-18-16-14-12-10-8-6-4-2)64-96-80-76(94)73(91)78(68(62-85)98-80)101-82-77(95)74(92)79(69(63-86)99-82)100-81-75(93)72(90)71(89)67(61-84)97-81/h21,23,41,43,49,51,57,59,65-69,71-82,84-87,89-95H,3-20,22,24-40,42,44-48,50,52-56,58,60-64H2,1-2H3,(H,83,88)/b23-21-,43-41+,51-49+,59-57+. The first-order valence-corrected chi connectivity index (χ1v) is 41.4. The molecular weight excluding hydrogens is 1290 g/mol. The van der Waals surface area contributed by atoms with E-state index in [4.69, 9.17) is 28.4 Å². The number of rotatable bonds is 66. The molecule has 3 aliphatic rings. The van der Waals surface area contributed by atoms with Crippen LogP contribution in [0.5, 0.6) is 0 Å². The van der Waals surface area contributed by atoms with E-state index in [2.05, 4.69) is 55.6 Å². The van der Waals surface area contributed by atoms with E-state index in [-0.39, 0.29) is 18.9 Å². The van der Waals surface area contributed by atoms with E-state index in [9.17, 15) is 61.0 Å². The van der Waals surface area contributed by atoms with Gasteiger partial charge in [-0.2, -0.15) is 0 Å². The molecule has 3 fully saturated rings. The van der Waals surface area contributed by atoms with Gasteiger partial charge in [-0.3, -0.25) is 4.79 Å². The van der Waals surface area contributed by atoms with E-state index in [1.54, 1.807) is 6.08 Å². The third-order valence-corrected chi connectivity index (χ3v) is 20.6. The summed E-state index contributed by atoms with van der Waals surface area (Å²) in [5.74, 6) is -0.284. The van der Waals surface area contributed by atoms with Crippen molar-refractivity contribution in [3.05, 3.63) is 48.6 Å².